The van der Waals surface area contributed by atoms with Gasteiger partial charge in [-0.05, 0) is 30.7 Å². The number of carbonyl (C=O) groups excluding carboxylic acids is 2. The number of hydrogen-bond acceptors (Lipinski definition) is 5. The van der Waals surface area contributed by atoms with Crippen molar-refractivity contribution in [3.63, 3.8) is 0 Å². The maximum Gasteiger partial charge on any atom is 0.306 e. The highest BCUT2D eigenvalue weighted by molar-refractivity contribution is 6.40. The lowest BCUT2D eigenvalue weighted by Crippen LogP contribution is -2.21. The molecule has 0 aliphatic heterocycles. The number of nitrogens with one attached hydrogen (secondary N) is 1. The van der Waals surface area contributed by atoms with E-state index < -0.39 is 18.5 Å². The van der Waals surface area contributed by atoms with Crippen molar-refractivity contribution in [1.29, 1.82) is 0 Å². The van der Waals surface area contributed by atoms with Crippen molar-refractivity contribution >= 4 is 51.9 Å². The van der Waals surface area contributed by atoms with Crippen molar-refractivity contribution in [2.24, 2.45) is 0 Å². The molecule has 0 fully saturated rings. The van der Waals surface area contributed by atoms with E-state index in [0.717, 1.165) is 11.1 Å². The van der Waals surface area contributed by atoms with E-state index >= 15 is 0 Å². The predicted molar refractivity (Wildman–Crippen MR) is 103 cm³/mol. The topological polar surface area (TPSA) is 81.4 Å². The van der Waals surface area contributed by atoms with Gasteiger partial charge in [0.2, 0.25) is 0 Å². The zero-order valence-electron chi connectivity index (χ0n) is 14.4. The van der Waals surface area contributed by atoms with Gasteiger partial charge in [0, 0.05) is 6.42 Å². The molecule has 1 N–H and O–H groups in total. The second kappa shape index (κ2) is 8.41. The smallest absolute Gasteiger partial charge is 0.306 e. The monoisotopic (exact) mass is 406 g/mol. The predicted octanol–water partition coefficient (Wildman–Crippen LogP) is 4.56. The van der Waals surface area contributed by atoms with E-state index in [1.807, 2.05) is 18.2 Å². The summed E-state index contributed by atoms with van der Waals surface area (Å²) in [5.74, 6) is -0.621. The van der Waals surface area contributed by atoms with Gasteiger partial charge in [-0.2, -0.15) is 0 Å². The van der Waals surface area contributed by atoms with E-state index in [1.165, 1.54) is 0 Å². The summed E-state index contributed by atoms with van der Waals surface area (Å²) in [6, 6.07) is 10.7. The van der Waals surface area contributed by atoms with Gasteiger partial charge in [-0.15, -0.1) is 0 Å². The molecule has 0 atom stereocenters. The van der Waals surface area contributed by atoms with Crippen LogP contribution in [0.1, 0.15) is 17.9 Å². The number of hydrogen-bond donors (Lipinski definition) is 1. The fraction of sp³-hybridized carbons (Fsp3) is 0.211. The van der Waals surface area contributed by atoms with Gasteiger partial charge >= 0.3 is 5.97 Å². The lowest BCUT2D eigenvalue weighted by molar-refractivity contribution is -0.147. The molecule has 0 saturated heterocycles. The molecular formula is C19H16Cl2N2O4. The van der Waals surface area contributed by atoms with Gasteiger partial charge in [-0.3, -0.25) is 9.59 Å². The summed E-state index contributed by atoms with van der Waals surface area (Å²) < 4.78 is 10.5. The molecule has 0 radical (unpaired) electrons. The van der Waals surface area contributed by atoms with E-state index in [9.17, 15) is 9.59 Å². The SMILES string of the molecule is Cc1ccc(Cl)c(NC(=O)COC(=O)CCc2nc3ccccc3o2)c1Cl. The van der Waals surface area contributed by atoms with E-state index in [4.69, 9.17) is 32.4 Å². The normalized spacial score (nSPS) is 10.8. The van der Waals surface area contributed by atoms with Gasteiger partial charge in [0.25, 0.3) is 5.91 Å². The molecule has 1 aromatic heterocycles. The molecule has 0 unspecified atom stereocenters. The number of aryl methyl sites for hydroxylation is 2. The number of rotatable bonds is 6. The van der Waals surface area contributed by atoms with Crippen LogP contribution in [0.3, 0.4) is 0 Å². The first kappa shape index (κ1) is 19.2. The van der Waals surface area contributed by atoms with Crippen LogP contribution in [0.15, 0.2) is 40.8 Å². The van der Waals surface area contributed by atoms with Crippen LogP contribution >= 0.6 is 23.2 Å². The summed E-state index contributed by atoms with van der Waals surface area (Å²) in [6.45, 7) is 1.35. The number of ether oxygens (including phenoxy) is 1. The quantitative estimate of drug-likeness (QED) is 0.606. The van der Waals surface area contributed by atoms with E-state index in [2.05, 4.69) is 10.3 Å². The maximum absolute atomic E-state index is 12.0. The minimum Gasteiger partial charge on any atom is -0.456 e. The van der Waals surface area contributed by atoms with Crippen molar-refractivity contribution in [1.82, 2.24) is 4.98 Å². The molecule has 1 amide bonds. The average molecular weight is 407 g/mol. The summed E-state index contributed by atoms with van der Waals surface area (Å²) in [5, 5.41) is 3.21. The summed E-state index contributed by atoms with van der Waals surface area (Å²) in [7, 11) is 0. The Morgan fingerprint density at radius 1 is 1.19 bits per heavy atom. The van der Waals surface area contributed by atoms with Crippen LogP contribution in [-0.4, -0.2) is 23.5 Å². The Bertz CT molecular complexity index is 968. The number of esters is 1. The average Bonchev–Trinajstić information content (AvgIpc) is 3.08. The highest BCUT2D eigenvalue weighted by Crippen LogP contribution is 2.32. The Morgan fingerprint density at radius 2 is 1.96 bits per heavy atom. The molecule has 27 heavy (non-hydrogen) atoms. The van der Waals surface area contributed by atoms with Crippen LogP contribution in [0, 0.1) is 6.92 Å². The van der Waals surface area contributed by atoms with Crippen molar-refractivity contribution in [3.05, 3.63) is 57.9 Å². The molecular weight excluding hydrogens is 391 g/mol. The van der Waals surface area contributed by atoms with Crippen molar-refractivity contribution < 1.29 is 18.7 Å². The van der Waals surface area contributed by atoms with Crippen molar-refractivity contribution in [2.45, 2.75) is 19.8 Å². The summed E-state index contributed by atoms with van der Waals surface area (Å²) in [5.41, 5.74) is 2.46. The van der Waals surface area contributed by atoms with Crippen molar-refractivity contribution in [3.8, 4) is 0 Å². The molecule has 0 bridgehead atoms. The van der Waals surface area contributed by atoms with Gasteiger partial charge < -0.3 is 14.5 Å². The Morgan fingerprint density at radius 3 is 2.74 bits per heavy atom. The number of aromatic nitrogens is 1. The zero-order chi connectivity index (χ0) is 19.4. The van der Waals surface area contributed by atoms with Gasteiger partial charge in [-0.25, -0.2) is 4.98 Å². The number of halogens is 2. The molecule has 0 spiro atoms. The number of para-hydroxylation sites is 2. The largest absolute Gasteiger partial charge is 0.456 e. The summed E-state index contributed by atoms with van der Waals surface area (Å²) in [4.78, 5) is 28.1. The summed E-state index contributed by atoms with van der Waals surface area (Å²) >= 11 is 12.2. The molecule has 2 aromatic carbocycles. The maximum atomic E-state index is 12.0. The number of nitrogens with zero attached hydrogens (tertiary/aromatic N) is 1. The molecule has 0 aliphatic carbocycles. The van der Waals surface area contributed by atoms with Crippen molar-refractivity contribution in [2.75, 3.05) is 11.9 Å². The molecule has 0 saturated carbocycles. The third kappa shape index (κ3) is 4.78. The summed E-state index contributed by atoms with van der Waals surface area (Å²) in [6.07, 6.45) is 0.330. The molecule has 140 valence electrons. The van der Waals surface area contributed by atoms with Crippen LogP contribution in [0.2, 0.25) is 10.0 Å². The zero-order valence-corrected chi connectivity index (χ0v) is 15.9. The lowest BCUT2D eigenvalue weighted by atomic mass is 10.2. The fourth-order valence-electron chi connectivity index (χ4n) is 2.40. The Kier molecular flexibility index (Phi) is 5.98. The lowest BCUT2D eigenvalue weighted by Gasteiger charge is -2.11. The van der Waals surface area contributed by atoms with Crippen LogP contribution in [0.5, 0.6) is 0 Å². The molecule has 3 rings (SSSR count). The minimum atomic E-state index is -0.533. The van der Waals surface area contributed by atoms with Crippen LogP contribution in [0.4, 0.5) is 5.69 Å². The number of anilines is 1. The Labute approximate surface area is 165 Å². The van der Waals surface area contributed by atoms with Gasteiger partial charge in [0.05, 0.1) is 22.2 Å². The van der Waals surface area contributed by atoms with Gasteiger partial charge in [0.1, 0.15) is 5.52 Å². The highest BCUT2D eigenvalue weighted by Gasteiger charge is 2.14. The third-order valence-electron chi connectivity index (χ3n) is 3.79. The second-order valence-electron chi connectivity index (χ2n) is 5.84. The molecule has 0 aliphatic rings. The van der Waals surface area contributed by atoms with Crippen LogP contribution < -0.4 is 5.32 Å². The number of benzene rings is 2. The first-order valence-electron chi connectivity index (χ1n) is 8.18. The van der Waals surface area contributed by atoms with E-state index in [1.54, 1.807) is 25.1 Å². The number of carbonyl (C=O) groups is 2. The standard InChI is InChI=1S/C19H16Cl2N2O4/c1-11-6-7-12(20)19(18(11)21)23-15(24)10-26-17(25)9-8-16-22-13-4-2-3-5-14(13)27-16/h2-7H,8-10H2,1H3,(H,23,24). The van der Waals surface area contributed by atoms with Crippen LogP contribution in [0.25, 0.3) is 11.1 Å². The first-order chi connectivity index (χ1) is 12.9. The fourth-order valence-corrected chi connectivity index (χ4v) is 2.87. The first-order valence-corrected chi connectivity index (χ1v) is 8.94. The number of fused-ring (bicyclic) bond motifs is 1. The van der Waals surface area contributed by atoms with Gasteiger partial charge in [-0.1, -0.05) is 41.4 Å². The van der Waals surface area contributed by atoms with Gasteiger partial charge in [0.15, 0.2) is 18.1 Å². The van der Waals surface area contributed by atoms with Crippen LogP contribution in [-0.2, 0) is 20.7 Å². The minimum absolute atomic E-state index is 0.0477. The third-order valence-corrected chi connectivity index (χ3v) is 4.60. The van der Waals surface area contributed by atoms with E-state index in [-0.39, 0.29) is 12.8 Å². The molecule has 1 heterocycles. The second-order valence-corrected chi connectivity index (χ2v) is 6.62. The molecule has 3 aromatic rings. The Hall–Kier alpha value is -2.57. The number of oxazole rings is 1. The number of amides is 1. The highest BCUT2D eigenvalue weighted by atomic mass is 35.5. The molecule has 8 heteroatoms. The Balaban J connectivity index is 1.49. The molecule has 6 nitrogen and oxygen atoms in total. The van der Waals surface area contributed by atoms with E-state index in [0.29, 0.717) is 27.2 Å².